The minimum Gasteiger partial charge on any atom is -0.352 e. The molecule has 1 N–H and O–H groups in total. The molecule has 4 nitrogen and oxygen atoms in total. The van der Waals surface area contributed by atoms with Crippen LogP contribution in [0, 0.1) is 5.92 Å². The lowest BCUT2D eigenvalue weighted by molar-refractivity contribution is -0.137. The van der Waals surface area contributed by atoms with E-state index < -0.39 is 11.7 Å². The first-order valence-electron chi connectivity index (χ1n) is 12.1. The molecule has 2 amide bonds. The van der Waals surface area contributed by atoms with Gasteiger partial charge in [-0.15, -0.1) is 0 Å². The van der Waals surface area contributed by atoms with Crippen molar-refractivity contribution in [2.75, 3.05) is 13.1 Å². The maximum absolute atomic E-state index is 13.1. The maximum atomic E-state index is 13.1. The summed E-state index contributed by atoms with van der Waals surface area (Å²) in [7, 11) is 0. The van der Waals surface area contributed by atoms with E-state index in [1.165, 1.54) is 12.1 Å². The second-order valence-corrected chi connectivity index (χ2v) is 9.24. The quantitative estimate of drug-likeness (QED) is 0.464. The summed E-state index contributed by atoms with van der Waals surface area (Å²) >= 11 is 0. The number of benzene rings is 3. The number of nitrogens with one attached hydrogen (secondary N) is 1. The lowest BCUT2D eigenvalue weighted by Crippen LogP contribution is -2.46. The summed E-state index contributed by atoms with van der Waals surface area (Å²) < 4.78 is 38.4. The first-order valence-corrected chi connectivity index (χ1v) is 12.1. The highest BCUT2D eigenvalue weighted by atomic mass is 19.4. The van der Waals surface area contributed by atoms with E-state index in [4.69, 9.17) is 0 Å². The summed E-state index contributed by atoms with van der Waals surface area (Å²) in [6.45, 7) is 2.77. The molecule has 3 aromatic carbocycles. The van der Waals surface area contributed by atoms with E-state index in [9.17, 15) is 22.8 Å². The lowest BCUT2D eigenvalue weighted by atomic mass is 9.85. The van der Waals surface area contributed by atoms with Crippen LogP contribution in [-0.2, 0) is 11.0 Å². The van der Waals surface area contributed by atoms with Crippen LogP contribution in [0.25, 0.3) is 0 Å². The van der Waals surface area contributed by atoms with Crippen LogP contribution >= 0.6 is 0 Å². The number of nitrogens with zero attached hydrogens (tertiary/aromatic N) is 1. The topological polar surface area (TPSA) is 49.4 Å². The first kappa shape index (κ1) is 25.5. The van der Waals surface area contributed by atoms with Crippen LogP contribution in [0.4, 0.5) is 13.2 Å². The van der Waals surface area contributed by atoms with E-state index >= 15 is 0 Å². The van der Waals surface area contributed by atoms with Crippen molar-refractivity contribution >= 4 is 11.8 Å². The Morgan fingerprint density at radius 3 is 1.81 bits per heavy atom. The standard InChI is InChI=1S/C29H29F3N2O2/c1-20(26(21-8-4-2-5-9-21)22-10-6-3-7-11-22)33-27(35)23-16-18-34(19-17-23)28(36)24-12-14-25(15-13-24)29(30,31)32/h2-15,20,23,26H,16-19H2,1H3,(H,33,35). The van der Waals surface area contributed by atoms with Crippen LogP contribution in [-0.4, -0.2) is 35.8 Å². The molecule has 0 aromatic heterocycles. The Hall–Kier alpha value is -3.61. The van der Waals surface area contributed by atoms with Gasteiger partial charge in [0.05, 0.1) is 5.56 Å². The van der Waals surface area contributed by atoms with E-state index in [2.05, 4.69) is 29.6 Å². The Kier molecular flexibility index (Phi) is 7.77. The highest BCUT2D eigenvalue weighted by Gasteiger charge is 2.32. The van der Waals surface area contributed by atoms with Gasteiger partial charge in [-0.25, -0.2) is 0 Å². The van der Waals surface area contributed by atoms with Gasteiger partial charge in [-0.05, 0) is 55.2 Å². The van der Waals surface area contributed by atoms with Crippen molar-refractivity contribution in [2.45, 2.75) is 37.9 Å². The molecular formula is C29H29F3N2O2. The molecule has 1 atom stereocenters. The van der Waals surface area contributed by atoms with Gasteiger partial charge in [-0.2, -0.15) is 13.2 Å². The predicted octanol–water partition coefficient (Wildman–Crippen LogP) is 5.89. The summed E-state index contributed by atoms with van der Waals surface area (Å²) in [5, 5.41) is 3.19. The second-order valence-electron chi connectivity index (χ2n) is 9.24. The van der Waals surface area contributed by atoms with Crippen LogP contribution < -0.4 is 5.32 Å². The van der Waals surface area contributed by atoms with Crippen molar-refractivity contribution in [2.24, 2.45) is 5.92 Å². The average molecular weight is 495 g/mol. The fourth-order valence-electron chi connectivity index (χ4n) is 4.85. The molecule has 188 valence electrons. The molecule has 1 fully saturated rings. The van der Waals surface area contributed by atoms with Gasteiger partial charge in [0.1, 0.15) is 0 Å². The molecule has 0 saturated carbocycles. The number of hydrogen-bond donors (Lipinski definition) is 1. The average Bonchev–Trinajstić information content (AvgIpc) is 2.89. The Morgan fingerprint density at radius 2 is 1.33 bits per heavy atom. The molecule has 0 radical (unpaired) electrons. The van der Waals surface area contributed by atoms with Gasteiger partial charge in [0, 0.05) is 36.5 Å². The van der Waals surface area contributed by atoms with Gasteiger partial charge in [-0.1, -0.05) is 60.7 Å². The van der Waals surface area contributed by atoms with Crippen molar-refractivity contribution in [3.8, 4) is 0 Å². The summed E-state index contributed by atoms with van der Waals surface area (Å²) in [6, 6.07) is 24.2. The molecule has 1 saturated heterocycles. The summed E-state index contributed by atoms with van der Waals surface area (Å²) in [4.78, 5) is 27.5. The lowest BCUT2D eigenvalue weighted by Gasteiger charge is -2.33. The zero-order valence-electron chi connectivity index (χ0n) is 20.0. The minimum absolute atomic E-state index is 0.00214. The Bertz CT molecular complexity index is 1120. The molecule has 4 rings (SSSR count). The van der Waals surface area contributed by atoms with Gasteiger partial charge in [0.2, 0.25) is 5.91 Å². The monoisotopic (exact) mass is 494 g/mol. The van der Waals surface area contributed by atoms with E-state index in [1.807, 2.05) is 43.3 Å². The van der Waals surface area contributed by atoms with Crippen LogP contribution in [0.5, 0.6) is 0 Å². The molecule has 0 spiro atoms. The molecule has 1 unspecified atom stereocenters. The number of carbonyl (C=O) groups is 2. The van der Waals surface area contributed by atoms with Gasteiger partial charge in [0.25, 0.3) is 5.91 Å². The maximum Gasteiger partial charge on any atom is 0.416 e. The molecular weight excluding hydrogens is 465 g/mol. The Labute approximate surface area is 209 Å². The zero-order valence-corrected chi connectivity index (χ0v) is 20.0. The van der Waals surface area contributed by atoms with Gasteiger partial charge in [-0.3, -0.25) is 9.59 Å². The van der Waals surface area contributed by atoms with Crippen LogP contribution in [0.1, 0.15) is 52.7 Å². The number of rotatable bonds is 6. The van der Waals surface area contributed by atoms with Gasteiger partial charge in [0.15, 0.2) is 0 Å². The Morgan fingerprint density at radius 1 is 0.833 bits per heavy atom. The van der Waals surface area contributed by atoms with E-state index in [0.717, 1.165) is 23.3 Å². The highest BCUT2D eigenvalue weighted by Crippen LogP contribution is 2.30. The fraction of sp³-hybridized carbons (Fsp3) is 0.310. The number of amides is 2. The number of piperidine rings is 1. The zero-order chi connectivity index (χ0) is 25.7. The number of halogens is 3. The first-order chi connectivity index (χ1) is 17.2. The van der Waals surface area contributed by atoms with Crippen molar-refractivity contribution in [1.82, 2.24) is 10.2 Å². The Balaban J connectivity index is 1.36. The molecule has 7 heteroatoms. The third kappa shape index (κ3) is 5.96. The number of alkyl halides is 3. The molecule has 36 heavy (non-hydrogen) atoms. The van der Waals surface area contributed by atoms with Crippen molar-refractivity contribution in [1.29, 1.82) is 0 Å². The molecule has 1 aliphatic rings. The third-order valence-electron chi connectivity index (χ3n) is 6.80. The number of likely N-dealkylation sites (tertiary alicyclic amines) is 1. The summed E-state index contributed by atoms with van der Waals surface area (Å²) in [6.07, 6.45) is -3.43. The van der Waals surface area contributed by atoms with Crippen molar-refractivity contribution in [3.63, 3.8) is 0 Å². The summed E-state index contributed by atoms with van der Waals surface area (Å²) in [5.74, 6) is -0.584. The molecule has 0 bridgehead atoms. The van der Waals surface area contributed by atoms with Crippen molar-refractivity contribution in [3.05, 3.63) is 107 Å². The van der Waals surface area contributed by atoms with Crippen molar-refractivity contribution < 1.29 is 22.8 Å². The van der Waals surface area contributed by atoms with Gasteiger partial charge >= 0.3 is 6.18 Å². The predicted molar refractivity (Wildman–Crippen MR) is 132 cm³/mol. The van der Waals surface area contributed by atoms with Crippen LogP contribution in [0.15, 0.2) is 84.9 Å². The fourth-order valence-corrected chi connectivity index (χ4v) is 4.85. The third-order valence-corrected chi connectivity index (χ3v) is 6.80. The van der Waals surface area contributed by atoms with E-state index in [-0.39, 0.29) is 35.3 Å². The minimum atomic E-state index is -4.44. The second kappa shape index (κ2) is 11.0. The van der Waals surface area contributed by atoms with Crippen LogP contribution in [0.3, 0.4) is 0 Å². The number of carbonyl (C=O) groups excluding carboxylic acids is 2. The largest absolute Gasteiger partial charge is 0.416 e. The molecule has 1 aliphatic heterocycles. The van der Waals surface area contributed by atoms with Crippen LogP contribution in [0.2, 0.25) is 0 Å². The van der Waals surface area contributed by atoms with Gasteiger partial charge < -0.3 is 10.2 Å². The highest BCUT2D eigenvalue weighted by molar-refractivity contribution is 5.94. The van der Waals surface area contributed by atoms with E-state index in [0.29, 0.717) is 25.9 Å². The SMILES string of the molecule is CC(NC(=O)C1CCN(C(=O)c2ccc(C(F)(F)F)cc2)CC1)C(c1ccccc1)c1ccccc1. The van der Waals surface area contributed by atoms with E-state index in [1.54, 1.807) is 4.90 Å². The normalized spacial score (nSPS) is 15.5. The summed E-state index contributed by atoms with van der Waals surface area (Å²) in [5.41, 5.74) is 1.67. The smallest absolute Gasteiger partial charge is 0.352 e. The molecule has 1 heterocycles. The number of hydrogen-bond acceptors (Lipinski definition) is 2. The molecule has 3 aromatic rings. The molecule has 0 aliphatic carbocycles.